The van der Waals surface area contributed by atoms with Gasteiger partial charge in [-0.05, 0) is 58.0 Å². The maximum Gasteiger partial charge on any atom is 0.193 e. The molecule has 0 saturated carbocycles. The summed E-state index contributed by atoms with van der Waals surface area (Å²) in [6.45, 7) is 7.19. The van der Waals surface area contributed by atoms with Crippen molar-refractivity contribution >= 4 is 29.9 Å². The Bertz CT molecular complexity index is 424. The lowest BCUT2D eigenvalue weighted by molar-refractivity contribution is -0.0721. The molecule has 0 aromatic carbocycles. The van der Waals surface area contributed by atoms with Crippen LogP contribution < -0.4 is 5.32 Å². The number of hydrogen-bond donors (Lipinski definition) is 1. The molecule has 3 saturated heterocycles. The molecule has 6 nitrogen and oxygen atoms in total. The molecule has 3 heterocycles. The molecule has 2 atom stereocenters. The number of ether oxygens (including phenoxy) is 2. The molecular weight excluding hydrogens is 443 g/mol. The lowest BCUT2D eigenvalue weighted by Gasteiger charge is -2.35. The number of aliphatic imine (C=N–C) groups is 1. The van der Waals surface area contributed by atoms with Gasteiger partial charge in [0.15, 0.2) is 5.96 Å². The highest BCUT2D eigenvalue weighted by atomic mass is 127. The van der Waals surface area contributed by atoms with Gasteiger partial charge in [0.1, 0.15) is 0 Å². The van der Waals surface area contributed by atoms with Crippen LogP contribution in [0, 0.1) is 5.92 Å². The molecular formula is C19H37IN4O2. The predicted molar refractivity (Wildman–Crippen MR) is 117 cm³/mol. The van der Waals surface area contributed by atoms with Crippen molar-refractivity contribution in [2.45, 2.75) is 50.7 Å². The van der Waals surface area contributed by atoms with E-state index >= 15 is 0 Å². The number of guanidine groups is 1. The number of likely N-dealkylation sites (tertiary alicyclic amines) is 2. The summed E-state index contributed by atoms with van der Waals surface area (Å²) in [5, 5.41) is 3.59. The highest BCUT2D eigenvalue weighted by Gasteiger charge is 2.25. The Balaban J connectivity index is 0.00000243. The highest BCUT2D eigenvalue weighted by Crippen LogP contribution is 2.18. The molecule has 0 aromatic heterocycles. The summed E-state index contributed by atoms with van der Waals surface area (Å²) in [6.07, 6.45) is 7.81. The van der Waals surface area contributed by atoms with Crippen molar-refractivity contribution in [3.8, 4) is 0 Å². The van der Waals surface area contributed by atoms with E-state index in [1.807, 2.05) is 7.05 Å². The molecule has 0 aliphatic carbocycles. The summed E-state index contributed by atoms with van der Waals surface area (Å²) < 4.78 is 11.9. The van der Waals surface area contributed by atoms with Crippen molar-refractivity contribution < 1.29 is 9.47 Å². The quantitative estimate of drug-likeness (QED) is 0.372. The summed E-state index contributed by atoms with van der Waals surface area (Å²) in [4.78, 5) is 9.29. The van der Waals surface area contributed by atoms with Gasteiger partial charge in [0, 0.05) is 39.8 Å². The Labute approximate surface area is 176 Å². The van der Waals surface area contributed by atoms with Crippen LogP contribution in [0.5, 0.6) is 0 Å². The topological polar surface area (TPSA) is 49.3 Å². The SMILES string of the molecule is CN=C(NCC1CCN(C)C1)N1CCC(OCC2CCCCO2)CC1.I. The third-order valence-electron chi connectivity index (χ3n) is 5.78. The zero-order valence-corrected chi connectivity index (χ0v) is 18.8. The van der Waals surface area contributed by atoms with Crippen LogP contribution in [0.1, 0.15) is 38.5 Å². The number of halogens is 1. The van der Waals surface area contributed by atoms with Crippen molar-refractivity contribution in [1.29, 1.82) is 0 Å². The van der Waals surface area contributed by atoms with Crippen LogP contribution in [0.2, 0.25) is 0 Å². The molecule has 26 heavy (non-hydrogen) atoms. The van der Waals surface area contributed by atoms with Crippen molar-refractivity contribution in [2.24, 2.45) is 10.9 Å². The van der Waals surface area contributed by atoms with Crippen LogP contribution >= 0.6 is 24.0 Å². The first-order valence-corrected chi connectivity index (χ1v) is 10.1. The van der Waals surface area contributed by atoms with Crippen LogP contribution in [0.3, 0.4) is 0 Å². The van der Waals surface area contributed by atoms with E-state index in [1.54, 1.807) is 0 Å². The summed E-state index contributed by atoms with van der Waals surface area (Å²) in [5.41, 5.74) is 0. The van der Waals surface area contributed by atoms with E-state index in [-0.39, 0.29) is 24.0 Å². The van der Waals surface area contributed by atoms with Gasteiger partial charge in [-0.2, -0.15) is 0 Å². The Morgan fingerprint density at radius 2 is 1.96 bits per heavy atom. The molecule has 3 aliphatic rings. The van der Waals surface area contributed by atoms with Gasteiger partial charge in [0.2, 0.25) is 0 Å². The minimum atomic E-state index is 0. The summed E-state index contributed by atoms with van der Waals surface area (Å²) in [7, 11) is 4.10. The first-order chi connectivity index (χ1) is 12.2. The van der Waals surface area contributed by atoms with Crippen molar-refractivity contribution in [1.82, 2.24) is 15.1 Å². The van der Waals surface area contributed by atoms with Gasteiger partial charge in [0.25, 0.3) is 0 Å². The summed E-state index contributed by atoms with van der Waals surface area (Å²) >= 11 is 0. The average molecular weight is 480 g/mol. The third-order valence-corrected chi connectivity index (χ3v) is 5.78. The van der Waals surface area contributed by atoms with Crippen LogP contribution in [-0.2, 0) is 9.47 Å². The van der Waals surface area contributed by atoms with Gasteiger partial charge in [-0.1, -0.05) is 0 Å². The molecule has 152 valence electrons. The van der Waals surface area contributed by atoms with E-state index < -0.39 is 0 Å². The zero-order valence-electron chi connectivity index (χ0n) is 16.5. The molecule has 3 fully saturated rings. The standard InChI is InChI=1S/C19H36N4O2.HI/c1-20-19(21-13-16-6-9-22(2)14-16)23-10-7-17(8-11-23)25-15-18-5-3-4-12-24-18;/h16-18H,3-15H2,1-2H3,(H,20,21);1H. The normalized spacial score (nSPS) is 28.8. The number of hydrogen-bond acceptors (Lipinski definition) is 4. The fraction of sp³-hybridized carbons (Fsp3) is 0.947. The average Bonchev–Trinajstić information content (AvgIpc) is 3.07. The van der Waals surface area contributed by atoms with E-state index in [2.05, 4.69) is 27.2 Å². The third kappa shape index (κ3) is 6.80. The second kappa shape index (κ2) is 11.7. The summed E-state index contributed by atoms with van der Waals surface area (Å²) in [6, 6.07) is 0. The summed E-state index contributed by atoms with van der Waals surface area (Å²) in [5.74, 6) is 1.81. The molecule has 0 radical (unpaired) electrons. The number of rotatable bonds is 5. The predicted octanol–water partition coefficient (Wildman–Crippen LogP) is 2.18. The lowest BCUT2D eigenvalue weighted by Crippen LogP contribution is -2.48. The van der Waals surface area contributed by atoms with Gasteiger partial charge in [-0.3, -0.25) is 4.99 Å². The van der Waals surface area contributed by atoms with Crippen LogP contribution in [0.25, 0.3) is 0 Å². The van der Waals surface area contributed by atoms with Gasteiger partial charge >= 0.3 is 0 Å². The first kappa shape index (κ1) is 22.2. The molecule has 1 N–H and O–H groups in total. The molecule has 3 aliphatic heterocycles. The molecule has 3 rings (SSSR count). The van der Waals surface area contributed by atoms with E-state index in [9.17, 15) is 0 Å². The van der Waals surface area contributed by atoms with Crippen LogP contribution in [-0.4, -0.2) is 88.0 Å². The Morgan fingerprint density at radius 3 is 2.58 bits per heavy atom. The fourth-order valence-electron chi connectivity index (χ4n) is 4.18. The second-order valence-electron chi connectivity index (χ2n) is 7.85. The van der Waals surface area contributed by atoms with Crippen molar-refractivity contribution in [3.63, 3.8) is 0 Å². The van der Waals surface area contributed by atoms with Crippen molar-refractivity contribution in [3.05, 3.63) is 0 Å². The largest absolute Gasteiger partial charge is 0.376 e. The van der Waals surface area contributed by atoms with E-state index in [4.69, 9.17) is 9.47 Å². The van der Waals surface area contributed by atoms with Gasteiger partial charge < -0.3 is 24.6 Å². The number of piperidine rings is 1. The zero-order chi connectivity index (χ0) is 17.5. The Morgan fingerprint density at radius 1 is 1.15 bits per heavy atom. The molecule has 0 spiro atoms. The highest BCUT2D eigenvalue weighted by molar-refractivity contribution is 14.0. The van der Waals surface area contributed by atoms with Gasteiger partial charge in [0.05, 0.1) is 18.8 Å². The van der Waals surface area contributed by atoms with E-state index in [0.717, 1.165) is 64.0 Å². The molecule has 0 aromatic rings. The Hall–Kier alpha value is -0.120. The number of nitrogens with one attached hydrogen (secondary N) is 1. The van der Waals surface area contributed by atoms with Crippen LogP contribution in [0.15, 0.2) is 4.99 Å². The van der Waals surface area contributed by atoms with Gasteiger partial charge in [-0.25, -0.2) is 0 Å². The smallest absolute Gasteiger partial charge is 0.193 e. The van der Waals surface area contributed by atoms with Gasteiger partial charge in [-0.15, -0.1) is 24.0 Å². The minimum absolute atomic E-state index is 0. The fourth-order valence-corrected chi connectivity index (χ4v) is 4.18. The second-order valence-corrected chi connectivity index (χ2v) is 7.85. The Kier molecular flexibility index (Phi) is 9.94. The molecule has 0 amide bonds. The molecule has 2 unspecified atom stereocenters. The lowest BCUT2D eigenvalue weighted by atomic mass is 10.1. The monoisotopic (exact) mass is 480 g/mol. The van der Waals surface area contributed by atoms with Crippen molar-refractivity contribution in [2.75, 3.05) is 60.0 Å². The molecule has 0 bridgehead atoms. The minimum Gasteiger partial charge on any atom is -0.376 e. The number of nitrogens with zero attached hydrogens (tertiary/aromatic N) is 3. The van der Waals surface area contributed by atoms with E-state index in [1.165, 1.54) is 32.4 Å². The molecule has 7 heteroatoms. The maximum absolute atomic E-state index is 6.12. The maximum atomic E-state index is 6.12. The van der Waals surface area contributed by atoms with Crippen LogP contribution in [0.4, 0.5) is 0 Å². The van der Waals surface area contributed by atoms with E-state index in [0.29, 0.717) is 12.2 Å². The first-order valence-electron chi connectivity index (χ1n) is 10.1.